The molecule has 0 aliphatic carbocycles. The second-order valence-electron chi connectivity index (χ2n) is 3.61. The van der Waals surface area contributed by atoms with E-state index in [0.29, 0.717) is 0 Å². The predicted molar refractivity (Wildman–Crippen MR) is 59.4 cm³/mol. The quantitative estimate of drug-likeness (QED) is 0.708. The molecule has 0 aromatic carbocycles. The fourth-order valence-electron chi connectivity index (χ4n) is 1.24. The number of hydrogen-bond donors (Lipinski definition) is 3. The zero-order valence-electron chi connectivity index (χ0n) is 9.29. The van der Waals surface area contributed by atoms with E-state index in [9.17, 15) is 18.0 Å². The van der Waals surface area contributed by atoms with E-state index in [1.54, 1.807) is 0 Å². The number of nitrogens with one attached hydrogen (secondary N) is 1. The van der Waals surface area contributed by atoms with Gasteiger partial charge in [0, 0.05) is 19.2 Å². The summed E-state index contributed by atoms with van der Waals surface area (Å²) in [6.07, 6.45) is -4.10. The van der Waals surface area contributed by atoms with Gasteiger partial charge >= 0.3 is 12.1 Å². The fraction of sp³-hybridized carbons (Fsp3) is 0.400. The average molecular weight is 263 g/mol. The van der Waals surface area contributed by atoms with E-state index in [0.717, 1.165) is 6.20 Å². The largest absolute Gasteiger partial charge is 0.478 e. The van der Waals surface area contributed by atoms with Gasteiger partial charge < -0.3 is 16.2 Å². The Morgan fingerprint density at radius 1 is 1.50 bits per heavy atom. The van der Waals surface area contributed by atoms with Crippen LogP contribution in [0.15, 0.2) is 12.3 Å². The Morgan fingerprint density at radius 3 is 2.67 bits per heavy atom. The van der Waals surface area contributed by atoms with Crippen molar-refractivity contribution in [2.24, 2.45) is 0 Å². The molecule has 0 atom stereocenters. The molecule has 0 aliphatic heterocycles. The summed E-state index contributed by atoms with van der Waals surface area (Å²) in [6, 6.07) is 1.20. The van der Waals surface area contributed by atoms with E-state index >= 15 is 0 Å². The summed E-state index contributed by atoms with van der Waals surface area (Å²) in [6.45, 7) is 0.0587. The molecule has 0 aliphatic rings. The summed E-state index contributed by atoms with van der Waals surface area (Å²) in [4.78, 5) is 14.3. The summed E-state index contributed by atoms with van der Waals surface area (Å²) in [7, 11) is 0. The van der Waals surface area contributed by atoms with Crippen LogP contribution in [0.4, 0.5) is 24.7 Å². The Hall–Kier alpha value is -1.99. The summed E-state index contributed by atoms with van der Waals surface area (Å²) in [5, 5.41) is 11.3. The van der Waals surface area contributed by atoms with Crippen molar-refractivity contribution in [1.29, 1.82) is 0 Å². The Kier molecular flexibility index (Phi) is 4.35. The van der Waals surface area contributed by atoms with E-state index in [4.69, 9.17) is 10.8 Å². The normalized spacial score (nSPS) is 11.3. The van der Waals surface area contributed by atoms with Gasteiger partial charge in [0.2, 0.25) is 0 Å². The molecule has 1 rings (SSSR count). The number of carbonyl (C=O) groups is 1. The highest BCUT2D eigenvalue weighted by Gasteiger charge is 2.25. The second-order valence-corrected chi connectivity index (χ2v) is 3.61. The van der Waals surface area contributed by atoms with Crippen LogP contribution in [0, 0.1) is 0 Å². The van der Waals surface area contributed by atoms with Crippen molar-refractivity contribution < 1.29 is 23.1 Å². The number of nitrogens with zero attached hydrogens (tertiary/aromatic N) is 1. The van der Waals surface area contributed by atoms with E-state index in [1.165, 1.54) is 6.07 Å². The Morgan fingerprint density at radius 2 is 2.17 bits per heavy atom. The molecule has 100 valence electrons. The second kappa shape index (κ2) is 5.56. The highest BCUT2D eigenvalue weighted by Crippen LogP contribution is 2.22. The number of alkyl halides is 3. The van der Waals surface area contributed by atoms with Gasteiger partial charge in [-0.25, -0.2) is 9.78 Å². The lowest BCUT2D eigenvalue weighted by molar-refractivity contribution is -0.134. The van der Waals surface area contributed by atoms with Gasteiger partial charge in [0.1, 0.15) is 5.82 Å². The lowest BCUT2D eigenvalue weighted by Gasteiger charge is -2.09. The number of aromatic carboxylic acids is 1. The molecule has 0 spiro atoms. The van der Waals surface area contributed by atoms with Crippen LogP contribution in [0.5, 0.6) is 0 Å². The van der Waals surface area contributed by atoms with Gasteiger partial charge in [-0.1, -0.05) is 0 Å². The first kappa shape index (κ1) is 14.1. The number of carboxylic acids is 1. The van der Waals surface area contributed by atoms with Crippen LogP contribution >= 0.6 is 0 Å². The molecule has 1 aromatic heterocycles. The number of nitrogen functional groups attached to an aromatic ring is 1. The van der Waals surface area contributed by atoms with Crippen LogP contribution < -0.4 is 11.1 Å². The lowest BCUT2D eigenvalue weighted by atomic mass is 10.2. The van der Waals surface area contributed by atoms with E-state index < -0.39 is 18.6 Å². The first-order valence-corrected chi connectivity index (χ1v) is 5.09. The molecule has 4 N–H and O–H groups in total. The molecule has 5 nitrogen and oxygen atoms in total. The van der Waals surface area contributed by atoms with E-state index in [1.807, 2.05) is 0 Å². The fourth-order valence-corrected chi connectivity index (χ4v) is 1.24. The minimum atomic E-state index is -4.19. The minimum absolute atomic E-state index is 0.0587. The van der Waals surface area contributed by atoms with Crippen molar-refractivity contribution in [3.63, 3.8) is 0 Å². The number of nitrogens with two attached hydrogens (primary N) is 1. The highest BCUT2D eigenvalue weighted by atomic mass is 19.4. The van der Waals surface area contributed by atoms with Crippen molar-refractivity contribution in [1.82, 2.24) is 4.98 Å². The van der Waals surface area contributed by atoms with E-state index in [2.05, 4.69) is 10.3 Å². The molecule has 0 amide bonds. The Bertz CT molecular complexity index is 435. The summed E-state index contributed by atoms with van der Waals surface area (Å²) < 4.78 is 35.6. The molecular formula is C10H12F3N3O2. The number of carboxylic acid groups (broad SMARTS) is 1. The number of halogens is 3. The Labute approximate surface area is 101 Å². The zero-order valence-corrected chi connectivity index (χ0v) is 9.29. The number of anilines is 2. The van der Waals surface area contributed by atoms with Gasteiger partial charge in [-0.2, -0.15) is 13.2 Å². The van der Waals surface area contributed by atoms with Crippen LogP contribution in [-0.2, 0) is 0 Å². The van der Waals surface area contributed by atoms with Crippen molar-refractivity contribution in [2.45, 2.75) is 19.0 Å². The monoisotopic (exact) mass is 263 g/mol. The molecule has 18 heavy (non-hydrogen) atoms. The van der Waals surface area contributed by atoms with Gasteiger partial charge in [-0.15, -0.1) is 0 Å². The van der Waals surface area contributed by atoms with Gasteiger partial charge in [0.25, 0.3) is 0 Å². The molecule has 1 aromatic rings. The summed E-state index contributed by atoms with van der Waals surface area (Å²) in [5.41, 5.74) is 5.53. The predicted octanol–water partition coefficient (Wildman–Crippen LogP) is 2.12. The SMILES string of the molecule is Nc1cc(C(=O)O)cnc1NCCCC(F)(F)F. The third-order valence-electron chi connectivity index (χ3n) is 2.09. The number of pyridine rings is 1. The van der Waals surface area contributed by atoms with Crippen LogP contribution in [0.25, 0.3) is 0 Å². The third-order valence-corrected chi connectivity index (χ3v) is 2.09. The maximum Gasteiger partial charge on any atom is 0.389 e. The first-order valence-electron chi connectivity index (χ1n) is 5.09. The molecule has 0 fully saturated rings. The highest BCUT2D eigenvalue weighted by molar-refractivity contribution is 5.89. The molecule has 0 saturated heterocycles. The number of rotatable bonds is 5. The maximum absolute atomic E-state index is 11.9. The minimum Gasteiger partial charge on any atom is -0.478 e. The Balaban J connectivity index is 2.51. The molecule has 0 bridgehead atoms. The smallest absolute Gasteiger partial charge is 0.389 e. The van der Waals surface area contributed by atoms with Crippen molar-refractivity contribution in [3.05, 3.63) is 17.8 Å². The molecule has 0 radical (unpaired) electrons. The first-order chi connectivity index (χ1) is 8.29. The number of hydrogen-bond acceptors (Lipinski definition) is 4. The standard InChI is InChI=1S/C10H12F3N3O2/c11-10(12,13)2-1-3-15-8-7(14)4-6(5-16-8)9(17)18/h4-5H,1-3,14H2,(H,15,16)(H,17,18). The molecule has 1 heterocycles. The third kappa shape index (κ3) is 4.48. The molecule has 0 saturated carbocycles. The van der Waals surface area contributed by atoms with Gasteiger partial charge in [0.15, 0.2) is 0 Å². The van der Waals surface area contributed by atoms with Crippen molar-refractivity contribution >= 4 is 17.5 Å². The van der Waals surface area contributed by atoms with Crippen LogP contribution in [-0.4, -0.2) is 28.8 Å². The van der Waals surface area contributed by atoms with Crippen molar-refractivity contribution in [3.8, 4) is 0 Å². The van der Waals surface area contributed by atoms with Crippen LogP contribution in [0.2, 0.25) is 0 Å². The summed E-state index contributed by atoms with van der Waals surface area (Å²) in [5.74, 6) is -0.986. The van der Waals surface area contributed by atoms with Crippen LogP contribution in [0.1, 0.15) is 23.2 Å². The molecule has 0 unspecified atom stereocenters. The van der Waals surface area contributed by atoms with Gasteiger partial charge in [0.05, 0.1) is 11.3 Å². The van der Waals surface area contributed by atoms with Gasteiger partial charge in [-0.05, 0) is 12.5 Å². The molecule has 8 heteroatoms. The lowest BCUT2D eigenvalue weighted by Crippen LogP contribution is -2.12. The zero-order chi connectivity index (χ0) is 13.8. The maximum atomic E-state index is 11.9. The number of aromatic nitrogens is 1. The van der Waals surface area contributed by atoms with Crippen LogP contribution in [0.3, 0.4) is 0 Å². The average Bonchev–Trinajstić information content (AvgIpc) is 2.24. The van der Waals surface area contributed by atoms with Crippen molar-refractivity contribution in [2.75, 3.05) is 17.6 Å². The summed E-state index contributed by atoms with van der Waals surface area (Å²) >= 11 is 0. The van der Waals surface area contributed by atoms with Gasteiger partial charge in [-0.3, -0.25) is 0 Å². The topological polar surface area (TPSA) is 88.2 Å². The molecular weight excluding hydrogens is 251 g/mol. The van der Waals surface area contributed by atoms with E-state index in [-0.39, 0.29) is 30.0 Å².